The van der Waals surface area contributed by atoms with Gasteiger partial charge in [-0.15, -0.1) is 21.5 Å². The second kappa shape index (κ2) is 5.08. The van der Waals surface area contributed by atoms with E-state index in [1.807, 2.05) is 12.1 Å². The first-order chi connectivity index (χ1) is 9.28. The van der Waals surface area contributed by atoms with Crippen molar-refractivity contribution in [1.29, 1.82) is 0 Å². The fraction of sp³-hybridized carbons (Fsp3) is 0.182. The highest BCUT2D eigenvalue weighted by atomic mass is 32.1. The van der Waals surface area contributed by atoms with Gasteiger partial charge in [-0.2, -0.15) is 0 Å². The Labute approximate surface area is 116 Å². The molecule has 0 fully saturated rings. The van der Waals surface area contributed by atoms with Crippen molar-refractivity contribution < 1.29 is 9.15 Å². The van der Waals surface area contributed by atoms with Gasteiger partial charge in [-0.25, -0.2) is 4.98 Å². The molecule has 2 N–H and O–H groups in total. The Morgan fingerprint density at radius 3 is 2.84 bits per heavy atom. The number of nitrogens with zero attached hydrogens (tertiary/aromatic N) is 3. The van der Waals surface area contributed by atoms with Gasteiger partial charge in [0.05, 0.1) is 23.4 Å². The van der Waals surface area contributed by atoms with Gasteiger partial charge in [-0.3, -0.25) is 0 Å². The van der Waals surface area contributed by atoms with Gasteiger partial charge >= 0.3 is 0 Å². The molecule has 0 atom stereocenters. The van der Waals surface area contributed by atoms with Crippen molar-refractivity contribution in [2.45, 2.75) is 6.61 Å². The summed E-state index contributed by atoms with van der Waals surface area (Å²) >= 11 is 2.82. The Kier molecular flexibility index (Phi) is 3.28. The summed E-state index contributed by atoms with van der Waals surface area (Å²) < 4.78 is 10.5. The van der Waals surface area contributed by atoms with Crippen molar-refractivity contribution in [3.8, 4) is 20.7 Å². The Hall–Kier alpha value is -1.77. The van der Waals surface area contributed by atoms with Crippen LogP contribution in [0.1, 0.15) is 5.69 Å². The molecular weight excluding hydrogens is 284 g/mol. The molecule has 3 rings (SSSR count). The van der Waals surface area contributed by atoms with Crippen LogP contribution in [0.25, 0.3) is 20.7 Å². The first-order valence-electron chi connectivity index (χ1n) is 5.40. The molecule has 3 aromatic rings. The fourth-order valence-electron chi connectivity index (χ4n) is 1.59. The molecule has 98 valence electrons. The van der Waals surface area contributed by atoms with E-state index in [1.165, 1.54) is 22.7 Å². The number of hydrogen-bond acceptors (Lipinski definition) is 8. The molecular formula is C11H10N4O2S2. The van der Waals surface area contributed by atoms with Crippen LogP contribution in [0.4, 0.5) is 5.13 Å². The Morgan fingerprint density at radius 1 is 1.32 bits per heavy atom. The number of nitrogen functional groups attached to an aromatic ring is 1. The highest BCUT2D eigenvalue weighted by Gasteiger charge is 2.18. The summed E-state index contributed by atoms with van der Waals surface area (Å²) in [5.41, 5.74) is 6.44. The van der Waals surface area contributed by atoms with E-state index in [9.17, 15) is 0 Å². The maximum absolute atomic E-state index is 5.62. The van der Waals surface area contributed by atoms with E-state index in [0.29, 0.717) is 11.7 Å². The molecule has 8 heteroatoms. The fourth-order valence-corrected chi connectivity index (χ4v) is 3.32. The van der Waals surface area contributed by atoms with Gasteiger partial charge < -0.3 is 14.9 Å². The molecule has 6 nitrogen and oxygen atoms in total. The zero-order valence-electron chi connectivity index (χ0n) is 9.99. The van der Waals surface area contributed by atoms with Crippen LogP contribution in [0.5, 0.6) is 0 Å². The van der Waals surface area contributed by atoms with Crippen LogP contribution in [0.3, 0.4) is 0 Å². The van der Waals surface area contributed by atoms with E-state index in [0.717, 1.165) is 26.3 Å². The standard InChI is InChI=1S/C11H10N4O2S2/c1-16-5-6-8(10-14-15-11(12)19-10)18-9(13-6)7-3-2-4-17-7/h2-4H,5H2,1H3,(H2,12,15). The summed E-state index contributed by atoms with van der Waals surface area (Å²) in [5.74, 6) is 0.728. The second-order valence-corrected chi connectivity index (χ2v) is 5.66. The molecule has 0 aliphatic rings. The summed E-state index contributed by atoms with van der Waals surface area (Å²) in [6, 6.07) is 3.70. The molecule has 0 bridgehead atoms. The smallest absolute Gasteiger partial charge is 0.203 e. The maximum atomic E-state index is 5.62. The van der Waals surface area contributed by atoms with E-state index in [2.05, 4.69) is 15.2 Å². The zero-order chi connectivity index (χ0) is 13.2. The molecule has 0 aliphatic carbocycles. The first kappa shape index (κ1) is 12.3. The van der Waals surface area contributed by atoms with Crippen LogP contribution in [0.15, 0.2) is 22.8 Å². The van der Waals surface area contributed by atoms with E-state index < -0.39 is 0 Å². The van der Waals surface area contributed by atoms with Crippen LogP contribution in [0.2, 0.25) is 0 Å². The van der Waals surface area contributed by atoms with Gasteiger partial charge in [0.15, 0.2) is 15.8 Å². The highest BCUT2D eigenvalue weighted by molar-refractivity contribution is 7.24. The number of anilines is 1. The minimum absolute atomic E-state index is 0.409. The summed E-state index contributed by atoms with van der Waals surface area (Å²) in [6.45, 7) is 0.409. The number of hydrogen-bond donors (Lipinski definition) is 1. The van der Waals surface area contributed by atoms with Crippen molar-refractivity contribution in [2.75, 3.05) is 12.8 Å². The monoisotopic (exact) mass is 294 g/mol. The van der Waals surface area contributed by atoms with Crippen molar-refractivity contribution in [3.63, 3.8) is 0 Å². The lowest BCUT2D eigenvalue weighted by atomic mass is 10.4. The summed E-state index contributed by atoms with van der Waals surface area (Å²) in [6.07, 6.45) is 1.62. The third kappa shape index (κ3) is 2.37. The number of nitrogens with two attached hydrogens (primary N) is 1. The van der Waals surface area contributed by atoms with Crippen LogP contribution >= 0.6 is 22.7 Å². The topological polar surface area (TPSA) is 87.1 Å². The SMILES string of the molecule is COCc1nc(-c2ccco2)sc1-c1nnc(N)s1. The zero-order valence-corrected chi connectivity index (χ0v) is 11.6. The summed E-state index contributed by atoms with van der Waals surface area (Å²) in [7, 11) is 1.63. The molecule has 0 saturated carbocycles. The van der Waals surface area contributed by atoms with Gasteiger partial charge in [-0.1, -0.05) is 11.3 Å². The number of methoxy groups -OCH3 is 1. The lowest BCUT2D eigenvalue weighted by Gasteiger charge is -1.95. The highest BCUT2D eigenvalue weighted by Crippen LogP contribution is 2.37. The van der Waals surface area contributed by atoms with E-state index in [-0.39, 0.29) is 0 Å². The number of rotatable bonds is 4. The molecule has 0 unspecified atom stereocenters. The molecule has 0 spiro atoms. The summed E-state index contributed by atoms with van der Waals surface area (Å²) in [5, 5.41) is 9.86. The largest absolute Gasteiger partial charge is 0.462 e. The minimum Gasteiger partial charge on any atom is -0.462 e. The molecule has 0 aromatic carbocycles. The molecule has 19 heavy (non-hydrogen) atoms. The molecule has 3 heterocycles. The second-order valence-electron chi connectivity index (χ2n) is 3.65. The molecule has 0 amide bonds. The van der Waals surface area contributed by atoms with Crippen molar-refractivity contribution >= 4 is 27.8 Å². The number of aromatic nitrogens is 3. The van der Waals surface area contributed by atoms with Crippen molar-refractivity contribution in [1.82, 2.24) is 15.2 Å². The molecule has 0 saturated heterocycles. The average Bonchev–Trinajstić information content (AvgIpc) is 3.08. The third-order valence-electron chi connectivity index (χ3n) is 2.35. The first-order valence-corrected chi connectivity index (χ1v) is 7.03. The predicted octanol–water partition coefficient (Wildman–Crippen LogP) is 2.65. The average molecular weight is 294 g/mol. The Balaban J connectivity index is 2.07. The lowest BCUT2D eigenvalue weighted by molar-refractivity contribution is 0.182. The normalized spacial score (nSPS) is 11.0. The maximum Gasteiger partial charge on any atom is 0.203 e. The molecule has 3 aromatic heterocycles. The minimum atomic E-state index is 0.409. The lowest BCUT2D eigenvalue weighted by Crippen LogP contribution is -1.90. The quantitative estimate of drug-likeness (QED) is 0.796. The number of ether oxygens (including phenoxy) is 1. The third-order valence-corrected chi connectivity index (χ3v) is 4.36. The van der Waals surface area contributed by atoms with Gasteiger partial charge in [0.1, 0.15) is 0 Å². The van der Waals surface area contributed by atoms with E-state index >= 15 is 0 Å². The van der Waals surface area contributed by atoms with Crippen LogP contribution in [-0.2, 0) is 11.3 Å². The summed E-state index contributed by atoms with van der Waals surface area (Å²) in [4.78, 5) is 5.44. The van der Waals surface area contributed by atoms with Crippen molar-refractivity contribution in [3.05, 3.63) is 24.1 Å². The van der Waals surface area contributed by atoms with E-state index in [1.54, 1.807) is 13.4 Å². The van der Waals surface area contributed by atoms with Crippen LogP contribution < -0.4 is 5.73 Å². The Morgan fingerprint density at radius 2 is 2.21 bits per heavy atom. The molecule has 0 radical (unpaired) electrons. The molecule has 0 aliphatic heterocycles. The van der Waals surface area contributed by atoms with Crippen LogP contribution in [0, 0.1) is 0 Å². The van der Waals surface area contributed by atoms with Crippen molar-refractivity contribution in [2.24, 2.45) is 0 Å². The van der Waals surface area contributed by atoms with E-state index in [4.69, 9.17) is 14.9 Å². The number of thiazole rings is 1. The van der Waals surface area contributed by atoms with Crippen LogP contribution in [-0.4, -0.2) is 22.3 Å². The Bertz CT molecular complexity index is 675. The number of furan rings is 1. The van der Waals surface area contributed by atoms with Gasteiger partial charge in [-0.05, 0) is 12.1 Å². The van der Waals surface area contributed by atoms with Gasteiger partial charge in [0.2, 0.25) is 5.13 Å². The van der Waals surface area contributed by atoms with Gasteiger partial charge in [0.25, 0.3) is 0 Å². The van der Waals surface area contributed by atoms with Gasteiger partial charge in [0, 0.05) is 7.11 Å². The predicted molar refractivity (Wildman–Crippen MR) is 73.8 cm³/mol.